The lowest BCUT2D eigenvalue weighted by atomic mass is 10.1. The Bertz CT molecular complexity index is 1490. The molecule has 7 nitrogen and oxygen atoms in total. The topological polar surface area (TPSA) is 96.3 Å². The molecule has 0 unspecified atom stereocenters. The highest BCUT2D eigenvalue weighted by Gasteiger charge is 2.31. The van der Waals surface area contributed by atoms with Crippen LogP contribution >= 0.6 is 23.2 Å². The van der Waals surface area contributed by atoms with Gasteiger partial charge >= 0.3 is 6.03 Å². The van der Waals surface area contributed by atoms with Crippen molar-refractivity contribution in [2.24, 2.45) is 0 Å². The van der Waals surface area contributed by atoms with Gasteiger partial charge in [-0.25, -0.2) is 4.79 Å². The highest BCUT2D eigenvalue weighted by atomic mass is 35.5. The molecule has 1 aromatic heterocycles. The van der Waals surface area contributed by atoms with Gasteiger partial charge in [0.15, 0.2) is 0 Å². The number of aryl methyl sites for hydroxylation is 1. The number of halogens is 2. The molecule has 188 valence electrons. The maximum absolute atomic E-state index is 13.0. The molecule has 1 fully saturated rings. The monoisotopic (exact) mass is 534 g/mol. The van der Waals surface area contributed by atoms with Gasteiger partial charge in [-0.1, -0.05) is 53.5 Å². The highest BCUT2D eigenvalue weighted by Crippen LogP contribution is 2.42. The summed E-state index contributed by atoms with van der Waals surface area (Å²) in [5.41, 5.74) is 4.37. The lowest BCUT2D eigenvalue weighted by Gasteiger charge is -2.10. The molecule has 1 heterocycles. The lowest BCUT2D eigenvalue weighted by Crippen LogP contribution is -2.30. The van der Waals surface area contributed by atoms with Crippen LogP contribution in [0.4, 0.5) is 10.5 Å². The minimum absolute atomic E-state index is 0.0876. The number of amides is 2. The predicted octanol–water partition coefficient (Wildman–Crippen LogP) is 6.76. The summed E-state index contributed by atoms with van der Waals surface area (Å²) >= 11 is 12.3. The fraction of sp³-hybridized carbons (Fsp3) is 0.179. The lowest BCUT2D eigenvalue weighted by molar-refractivity contribution is 0.102. The Hall–Kier alpha value is -3.81. The van der Waals surface area contributed by atoms with E-state index in [9.17, 15) is 14.7 Å². The van der Waals surface area contributed by atoms with Gasteiger partial charge in [-0.3, -0.25) is 4.79 Å². The summed E-state index contributed by atoms with van der Waals surface area (Å²) in [4.78, 5) is 25.7. The molecule has 0 atom stereocenters. The van der Waals surface area contributed by atoms with E-state index in [2.05, 4.69) is 15.7 Å². The van der Waals surface area contributed by atoms with E-state index in [0.717, 1.165) is 29.7 Å². The first-order valence-corrected chi connectivity index (χ1v) is 12.6. The van der Waals surface area contributed by atoms with Crippen molar-refractivity contribution < 1.29 is 14.7 Å². The van der Waals surface area contributed by atoms with E-state index < -0.39 is 5.91 Å². The second-order valence-electron chi connectivity index (χ2n) is 9.01. The van der Waals surface area contributed by atoms with E-state index in [4.69, 9.17) is 23.2 Å². The molecule has 1 aliphatic rings. The number of aromatic nitrogens is 2. The van der Waals surface area contributed by atoms with E-state index in [0.29, 0.717) is 23.5 Å². The normalized spacial score (nSPS) is 12.8. The molecule has 0 aliphatic heterocycles. The maximum atomic E-state index is 13.0. The number of carbonyl (C=O) groups is 2. The van der Waals surface area contributed by atoms with E-state index in [1.807, 2.05) is 37.3 Å². The number of rotatable bonds is 6. The van der Waals surface area contributed by atoms with Gasteiger partial charge in [0.25, 0.3) is 5.91 Å². The van der Waals surface area contributed by atoms with Crippen LogP contribution in [0, 0.1) is 6.92 Å². The third-order valence-corrected chi connectivity index (χ3v) is 6.97. The molecular weight excluding hydrogens is 511 g/mol. The van der Waals surface area contributed by atoms with Crippen molar-refractivity contribution in [3.8, 4) is 17.0 Å². The smallest absolute Gasteiger partial charge is 0.342 e. The van der Waals surface area contributed by atoms with Crippen LogP contribution in [-0.4, -0.2) is 26.8 Å². The standard InChI is InChI=1S/C28H24Cl2N4O3/c1-16-5-2-3-6-18(16)15-31-28(37)34-24(17-9-10-17)14-23(33-34)20-12-11-19(13-25(20)35)32-27(36)26-21(29)7-4-8-22(26)30/h2-8,11-14,17,35H,9-10,15H2,1H3,(H,31,37)(H,32,36). The number of benzene rings is 3. The number of nitrogens with one attached hydrogen (secondary N) is 2. The second-order valence-corrected chi connectivity index (χ2v) is 9.82. The Morgan fingerprint density at radius 1 is 1.03 bits per heavy atom. The molecule has 0 saturated heterocycles. The molecule has 1 aliphatic carbocycles. The van der Waals surface area contributed by atoms with Gasteiger partial charge in [0.2, 0.25) is 0 Å². The summed E-state index contributed by atoms with van der Waals surface area (Å²) in [7, 11) is 0. The first-order valence-electron chi connectivity index (χ1n) is 11.8. The predicted molar refractivity (Wildman–Crippen MR) is 145 cm³/mol. The van der Waals surface area contributed by atoms with Crippen molar-refractivity contribution in [2.75, 3.05) is 5.32 Å². The second kappa shape index (κ2) is 10.3. The molecule has 0 bridgehead atoms. The van der Waals surface area contributed by atoms with Gasteiger partial charge in [0.05, 0.1) is 27.0 Å². The number of phenols is 1. The van der Waals surface area contributed by atoms with Crippen molar-refractivity contribution in [3.63, 3.8) is 0 Å². The van der Waals surface area contributed by atoms with Gasteiger partial charge in [-0.2, -0.15) is 9.78 Å². The quantitative estimate of drug-likeness (QED) is 0.254. The van der Waals surface area contributed by atoms with Crippen LogP contribution in [0.15, 0.2) is 66.7 Å². The number of phenolic OH excluding ortho intramolecular Hbond substituents is 1. The molecule has 2 amide bonds. The van der Waals surface area contributed by atoms with E-state index in [1.54, 1.807) is 30.3 Å². The molecule has 4 aromatic rings. The number of nitrogens with zero attached hydrogens (tertiary/aromatic N) is 2. The summed E-state index contributed by atoms with van der Waals surface area (Å²) in [5.74, 6) is -0.324. The van der Waals surface area contributed by atoms with E-state index in [-0.39, 0.29) is 33.3 Å². The highest BCUT2D eigenvalue weighted by molar-refractivity contribution is 6.40. The Morgan fingerprint density at radius 3 is 2.43 bits per heavy atom. The van der Waals surface area contributed by atoms with Crippen molar-refractivity contribution in [2.45, 2.75) is 32.2 Å². The minimum atomic E-state index is -0.492. The van der Waals surface area contributed by atoms with Crippen LogP contribution in [-0.2, 0) is 6.54 Å². The molecule has 37 heavy (non-hydrogen) atoms. The summed E-state index contributed by atoms with van der Waals surface area (Å²) in [6.07, 6.45) is 1.97. The van der Waals surface area contributed by atoms with Gasteiger partial charge < -0.3 is 15.7 Å². The summed E-state index contributed by atoms with van der Waals surface area (Å²) in [6, 6.07) is 18.9. The molecule has 5 rings (SSSR count). The Kier molecular flexibility index (Phi) is 6.91. The molecule has 9 heteroatoms. The number of hydrogen-bond donors (Lipinski definition) is 3. The summed E-state index contributed by atoms with van der Waals surface area (Å²) in [6.45, 7) is 2.39. The SMILES string of the molecule is Cc1ccccc1CNC(=O)n1nc(-c2ccc(NC(=O)c3c(Cl)cccc3Cl)cc2O)cc1C1CC1. The van der Waals surface area contributed by atoms with Crippen molar-refractivity contribution in [1.29, 1.82) is 0 Å². The summed E-state index contributed by atoms with van der Waals surface area (Å²) in [5, 5.41) is 21.4. The molecule has 3 N–H and O–H groups in total. The average Bonchev–Trinajstić information content (AvgIpc) is 3.62. The fourth-order valence-electron chi connectivity index (χ4n) is 4.15. The van der Waals surface area contributed by atoms with Gasteiger partial charge in [0.1, 0.15) is 5.75 Å². The first-order chi connectivity index (χ1) is 17.8. The van der Waals surface area contributed by atoms with Crippen molar-refractivity contribution in [1.82, 2.24) is 15.1 Å². The molecule has 3 aromatic carbocycles. The zero-order valence-electron chi connectivity index (χ0n) is 20.0. The first kappa shape index (κ1) is 24.9. The number of hydrogen-bond acceptors (Lipinski definition) is 4. The minimum Gasteiger partial charge on any atom is -0.507 e. The van der Waals surface area contributed by atoms with Gasteiger partial charge in [0, 0.05) is 29.8 Å². The average molecular weight is 535 g/mol. The number of carbonyl (C=O) groups excluding carboxylic acids is 2. The van der Waals surface area contributed by atoms with E-state index in [1.165, 1.54) is 10.7 Å². The molecular formula is C28H24Cl2N4O3. The van der Waals surface area contributed by atoms with Gasteiger partial charge in [-0.15, -0.1) is 0 Å². The van der Waals surface area contributed by atoms with Crippen LogP contribution in [0.1, 0.15) is 45.9 Å². The molecule has 0 spiro atoms. The molecule has 0 radical (unpaired) electrons. The van der Waals surface area contributed by atoms with Crippen LogP contribution in [0.25, 0.3) is 11.3 Å². The largest absolute Gasteiger partial charge is 0.507 e. The molecule has 1 saturated carbocycles. The number of anilines is 1. The summed E-state index contributed by atoms with van der Waals surface area (Å²) < 4.78 is 1.39. The van der Waals surface area contributed by atoms with Gasteiger partial charge in [-0.05, 0) is 61.2 Å². The van der Waals surface area contributed by atoms with Crippen LogP contribution in [0.5, 0.6) is 5.75 Å². The van der Waals surface area contributed by atoms with Crippen LogP contribution in [0.3, 0.4) is 0 Å². The maximum Gasteiger partial charge on any atom is 0.342 e. The van der Waals surface area contributed by atoms with Crippen LogP contribution in [0.2, 0.25) is 10.0 Å². The fourth-order valence-corrected chi connectivity index (χ4v) is 4.72. The Labute approximate surface area is 224 Å². The third kappa shape index (κ3) is 5.33. The van der Waals surface area contributed by atoms with E-state index >= 15 is 0 Å². The third-order valence-electron chi connectivity index (χ3n) is 6.34. The number of aromatic hydroxyl groups is 1. The Morgan fingerprint density at radius 2 is 1.76 bits per heavy atom. The zero-order chi connectivity index (χ0) is 26.1. The zero-order valence-corrected chi connectivity index (χ0v) is 21.5. The Balaban J connectivity index is 1.36. The van der Waals surface area contributed by atoms with Crippen LogP contribution < -0.4 is 10.6 Å². The van der Waals surface area contributed by atoms with Crippen molar-refractivity contribution in [3.05, 3.63) is 99.2 Å². The van der Waals surface area contributed by atoms with Crippen molar-refractivity contribution >= 4 is 40.8 Å².